The molecule has 0 atom stereocenters. The fourth-order valence-electron chi connectivity index (χ4n) is 1.51. The van der Waals surface area contributed by atoms with Crippen LogP contribution in [-0.4, -0.2) is 38.8 Å². The zero-order chi connectivity index (χ0) is 13.9. The highest BCUT2D eigenvalue weighted by molar-refractivity contribution is 5.77. The molecule has 0 heterocycles. The molecular weight excluding hydrogens is 244 g/mol. The molecule has 2 N–H and O–H groups in total. The van der Waals surface area contributed by atoms with Gasteiger partial charge in [0.05, 0.1) is 6.61 Å². The number of rotatable bonds is 9. The smallest absolute Gasteiger partial charge is 0.257 e. The minimum atomic E-state index is -0.135. The zero-order valence-electron chi connectivity index (χ0n) is 11.6. The third kappa shape index (κ3) is 6.10. The van der Waals surface area contributed by atoms with Gasteiger partial charge in [-0.25, -0.2) is 0 Å². The molecule has 1 aromatic carbocycles. The number of hydrogen-bond donors (Lipinski definition) is 2. The number of carbonyl (C=O) groups excluding carboxylic acids is 1. The lowest BCUT2D eigenvalue weighted by atomic mass is 10.3. The summed E-state index contributed by atoms with van der Waals surface area (Å²) in [7, 11) is 0. The SMILES string of the molecule is CCNCCNC(=O)COc1ccccc1OCC. The van der Waals surface area contributed by atoms with Crippen LogP contribution in [0.4, 0.5) is 0 Å². The van der Waals surface area contributed by atoms with Crippen molar-refractivity contribution in [3.05, 3.63) is 24.3 Å². The van der Waals surface area contributed by atoms with Crippen LogP contribution < -0.4 is 20.1 Å². The van der Waals surface area contributed by atoms with E-state index in [1.807, 2.05) is 32.0 Å². The van der Waals surface area contributed by atoms with Gasteiger partial charge in [0.1, 0.15) is 0 Å². The first-order valence-electron chi connectivity index (χ1n) is 6.60. The second kappa shape index (κ2) is 9.22. The molecule has 0 aliphatic heterocycles. The molecule has 0 unspecified atom stereocenters. The molecule has 1 amide bonds. The molecule has 0 bridgehead atoms. The Labute approximate surface area is 114 Å². The molecule has 1 rings (SSSR count). The van der Waals surface area contributed by atoms with E-state index < -0.39 is 0 Å². The number of nitrogens with one attached hydrogen (secondary N) is 2. The van der Waals surface area contributed by atoms with Crippen molar-refractivity contribution < 1.29 is 14.3 Å². The van der Waals surface area contributed by atoms with E-state index in [0.717, 1.165) is 13.1 Å². The Hall–Kier alpha value is -1.75. The van der Waals surface area contributed by atoms with Gasteiger partial charge in [-0.05, 0) is 25.6 Å². The van der Waals surface area contributed by atoms with Crippen molar-refractivity contribution in [1.29, 1.82) is 0 Å². The fraction of sp³-hybridized carbons (Fsp3) is 0.500. The Morgan fingerprint density at radius 2 is 1.79 bits per heavy atom. The molecule has 5 nitrogen and oxygen atoms in total. The Morgan fingerprint density at radius 1 is 1.11 bits per heavy atom. The number of hydrogen-bond acceptors (Lipinski definition) is 4. The number of carbonyl (C=O) groups is 1. The standard InChI is InChI=1S/C14H22N2O3/c1-3-15-9-10-16-14(17)11-19-13-8-6-5-7-12(13)18-4-2/h5-8,15H,3-4,9-11H2,1-2H3,(H,16,17). The predicted octanol–water partition coefficient (Wildman–Crippen LogP) is 1.19. The van der Waals surface area contributed by atoms with Crippen LogP contribution in [0.1, 0.15) is 13.8 Å². The average molecular weight is 266 g/mol. The quantitative estimate of drug-likeness (QED) is 0.659. The van der Waals surface area contributed by atoms with E-state index in [9.17, 15) is 4.79 Å². The van der Waals surface area contributed by atoms with Crippen LogP contribution in [0.25, 0.3) is 0 Å². The van der Waals surface area contributed by atoms with Crippen LogP contribution in [0.15, 0.2) is 24.3 Å². The Kier molecular flexibility index (Phi) is 7.43. The van der Waals surface area contributed by atoms with Crippen molar-refractivity contribution in [2.45, 2.75) is 13.8 Å². The molecule has 0 aliphatic rings. The summed E-state index contributed by atoms with van der Waals surface area (Å²) in [5.41, 5.74) is 0. The van der Waals surface area contributed by atoms with Crippen molar-refractivity contribution >= 4 is 5.91 Å². The largest absolute Gasteiger partial charge is 0.490 e. The highest BCUT2D eigenvalue weighted by Gasteiger charge is 2.06. The molecule has 1 aromatic rings. The van der Waals surface area contributed by atoms with Crippen molar-refractivity contribution in [1.82, 2.24) is 10.6 Å². The van der Waals surface area contributed by atoms with Gasteiger partial charge in [-0.1, -0.05) is 19.1 Å². The first kappa shape index (κ1) is 15.3. The minimum absolute atomic E-state index is 0.00376. The van der Waals surface area contributed by atoms with E-state index in [-0.39, 0.29) is 12.5 Å². The highest BCUT2D eigenvalue weighted by atomic mass is 16.5. The second-order valence-corrected chi connectivity index (χ2v) is 3.87. The molecular formula is C14H22N2O3. The molecule has 0 spiro atoms. The molecule has 0 saturated heterocycles. The van der Waals surface area contributed by atoms with Crippen molar-refractivity contribution in [3.8, 4) is 11.5 Å². The molecule has 19 heavy (non-hydrogen) atoms. The van der Waals surface area contributed by atoms with Gasteiger partial charge < -0.3 is 20.1 Å². The van der Waals surface area contributed by atoms with Gasteiger partial charge in [-0.2, -0.15) is 0 Å². The van der Waals surface area contributed by atoms with E-state index in [1.54, 1.807) is 6.07 Å². The van der Waals surface area contributed by atoms with Crippen LogP contribution in [0.3, 0.4) is 0 Å². The zero-order valence-corrected chi connectivity index (χ0v) is 11.6. The number of benzene rings is 1. The van der Waals surface area contributed by atoms with Crippen molar-refractivity contribution in [2.24, 2.45) is 0 Å². The van der Waals surface area contributed by atoms with Gasteiger partial charge in [0, 0.05) is 13.1 Å². The first-order valence-corrected chi connectivity index (χ1v) is 6.60. The number of ether oxygens (including phenoxy) is 2. The minimum Gasteiger partial charge on any atom is -0.490 e. The van der Waals surface area contributed by atoms with Gasteiger partial charge in [0.2, 0.25) is 0 Å². The van der Waals surface area contributed by atoms with Crippen LogP contribution in [0.5, 0.6) is 11.5 Å². The summed E-state index contributed by atoms with van der Waals surface area (Å²) in [6.45, 7) is 6.75. The van der Waals surface area contributed by atoms with Crippen LogP contribution in [-0.2, 0) is 4.79 Å². The Morgan fingerprint density at radius 3 is 2.42 bits per heavy atom. The molecule has 0 fully saturated rings. The normalized spacial score (nSPS) is 10.0. The lowest BCUT2D eigenvalue weighted by molar-refractivity contribution is -0.123. The third-order valence-electron chi connectivity index (χ3n) is 2.38. The predicted molar refractivity (Wildman–Crippen MR) is 74.7 cm³/mol. The van der Waals surface area contributed by atoms with E-state index in [2.05, 4.69) is 10.6 Å². The van der Waals surface area contributed by atoms with Crippen LogP contribution in [0.2, 0.25) is 0 Å². The molecule has 0 aromatic heterocycles. The monoisotopic (exact) mass is 266 g/mol. The number of para-hydroxylation sites is 2. The van der Waals surface area contributed by atoms with E-state index in [4.69, 9.17) is 9.47 Å². The summed E-state index contributed by atoms with van der Waals surface area (Å²) in [5.74, 6) is 1.11. The summed E-state index contributed by atoms with van der Waals surface area (Å²) in [5, 5.41) is 5.90. The summed E-state index contributed by atoms with van der Waals surface area (Å²) in [4.78, 5) is 11.5. The van der Waals surface area contributed by atoms with Crippen LogP contribution >= 0.6 is 0 Å². The topological polar surface area (TPSA) is 59.6 Å². The first-order chi connectivity index (χ1) is 9.27. The third-order valence-corrected chi connectivity index (χ3v) is 2.38. The lowest BCUT2D eigenvalue weighted by Crippen LogP contribution is -2.34. The van der Waals surface area contributed by atoms with Gasteiger partial charge >= 0.3 is 0 Å². The Balaban J connectivity index is 2.33. The number of likely N-dealkylation sites (N-methyl/N-ethyl adjacent to an activating group) is 1. The van der Waals surface area contributed by atoms with Gasteiger partial charge in [0.15, 0.2) is 18.1 Å². The van der Waals surface area contributed by atoms with Gasteiger partial charge in [-0.3, -0.25) is 4.79 Å². The summed E-state index contributed by atoms with van der Waals surface area (Å²) in [6, 6.07) is 7.33. The highest BCUT2D eigenvalue weighted by Crippen LogP contribution is 2.25. The van der Waals surface area contributed by atoms with Crippen molar-refractivity contribution in [3.63, 3.8) is 0 Å². The van der Waals surface area contributed by atoms with Gasteiger partial charge in [-0.15, -0.1) is 0 Å². The number of amides is 1. The van der Waals surface area contributed by atoms with Gasteiger partial charge in [0.25, 0.3) is 5.91 Å². The molecule has 0 saturated carbocycles. The maximum Gasteiger partial charge on any atom is 0.257 e. The molecule has 0 radical (unpaired) electrons. The Bertz CT molecular complexity index is 383. The maximum atomic E-state index is 11.5. The summed E-state index contributed by atoms with van der Waals surface area (Å²) >= 11 is 0. The van der Waals surface area contributed by atoms with E-state index in [1.165, 1.54) is 0 Å². The molecule has 0 aliphatic carbocycles. The average Bonchev–Trinajstić information content (AvgIpc) is 2.43. The maximum absolute atomic E-state index is 11.5. The van der Waals surface area contributed by atoms with Crippen LogP contribution in [0, 0.1) is 0 Å². The fourth-order valence-corrected chi connectivity index (χ4v) is 1.51. The molecule has 106 valence electrons. The summed E-state index contributed by atoms with van der Waals surface area (Å²) in [6.07, 6.45) is 0. The summed E-state index contributed by atoms with van der Waals surface area (Å²) < 4.78 is 10.9. The lowest BCUT2D eigenvalue weighted by Gasteiger charge is -2.11. The second-order valence-electron chi connectivity index (χ2n) is 3.87. The van der Waals surface area contributed by atoms with Crippen molar-refractivity contribution in [2.75, 3.05) is 32.8 Å². The van der Waals surface area contributed by atoms with E-state index in [0.29, 0.717) is 24.7 Å². The van der Waals surface area contributed by atoms with E-state index >= 15 is 0 Å². The molecule has 5 heteroatoms.